The van der Waals surface area contributed by atoms with Crippen LogP contribution in [0.15, 0.2) is 94.2 Å². The first-order valence-corrected chi connectivity index (χ1v) is 11.6. The molecule has 1 atom stereocenters. The van der Waals surface area contributed by atoms with E-state index in [0.29, 0.717) is 22.8 Å². The van der Waals surface area contributed by atoms with Crippen molar-refractivity contribution < 1.29 is 28.0 Å². The number of amides is 3. The molecule has 0 spiro atoms. The molecule has 0 saturated carbocycles. The maximum atomic E-state index is 13.6. The molecule has 0 bridgehead atoms. The van der Waals surface area contributed by atoms with E-state index in [1.165, 1.54) is 23.5 Å². The van der Waals surface area contributed by atoms with Crippen LogP contribution >= 0.6 is 0 Å². The van der Waals surface area contributed by atoms with Crippen molar-refractivity contribution in [2.24, 2.45) is 0 Å². The van der Waals surface area contributed by atoms with Crippen LogP contribution in [0.2, 0.25) is 0 Å². The Balaban J connectivity index is 1.68. The van der Waals surface area contributed by atoms with E-state index in [1.54, 1.807) is 61.7 Å². The monoisotopic (exact) mass is 501 g/mol. The van der Waals surface area contributed by atoms with Gasteiger partial charge in [0, 0.05) is 5.69 Å². The molecule has 2 aromatic heterocycles. The Labute approximate surface area is 214 Å². The highest BCUT2D eigenvalue weighted by Gasteiger charge is 2.33. The number of nitrogens with zero attached hydrogens (tertiary/aromatic N) is 1. The van der Waals surface area contributed by atoms with Gasteiger partial charge in [0.1, 0.15) is 17.6 Å². The first-order chi connectivity index (χ1) is 18.0. The molecule has 0 aliphatic rings. The van der Waals surface area contributed by atoms with Gasteiger partial charge in [-0.15, -0.1) is 0 Å². The number of rotatable bonds is 10. The molecule has 2 aromatic carbocycles. The van der Waals surface area contributed by atoms with Gasteiger partial charge in [-0.25, -0.2) is 0 Å². The number of nitrogens with one attached hydrogen (secondary N) is 2. The lowest BCUT2D eigenvalue weighted by Crippen LogP contribution is -2.47. The van der Waals surface area contributed by atoms with E-state index in [-0.39, 0.29) is 18.8 Å². The Kier molecular flexibility index (Phi) is 8.05. The predicted molar refractivity (Wildman–Crippen MR) is 136 cm³/mol. The second-order valence-electron chi connectivity index (χ2n) is 8.23. The van der Waals surface area contributed by atoms with Crippen molar-refractivity contribution in [2.45, 2.75) is 19.5 Å². The standard InChI is InChI=1S/C28H27N3O6/c1-19-7-9-20(10-8-19)26(28(34)29-17-23-5-3-15-36-23)31(21-11-13-22(35-2)14-12-21)25(32)18-30-27(33)24-6-4-16-37-24/h3-16,26H,17-18H2,1-2H3,(H,29,34)(H,30,33)/t26-/m0/s1. The number of benzene rings is 2. The van der Waals surface area contributed by atoms with E-state index in [2.05, 4.69) is 10.6 Å². The fourth-order valence-electron chi connectivity index (χ4n) is 3.77. The maximum absolute atomic E-state index is 13.6. The molecule has 4 aromatic rings. The lowest BCUT2D eigenvalue weighted by Gasteiger charge is -2.31. The van der Waals surface area contributed by atoms with Crippen LogP contribution in [0.25, 0.3) is 0 Å². The molecule has 0 aliphatic heterocycles. The molecule has 0 radical (unpaired) electrons. The SMILES string of the molecule is COc1ccc(N(C(=O)CNC(=O)c2ccco2)[C@H](C(=O)NCc2ccco2)c2ccc(C)cc2)cc1. The second kappa shape index (κ2) is 11.8. The lowest BCUT2D eigenvalue weighted by atomic mass is 10.0. The number of anilines is 1. The second-order valence-corrected chi connectivity index (χ2v) is 8.23. The van der Waals surface area contributed by atoms with Gasteiger partial charge in [0.25, 0.3) is 5.91 Å². The molecular formula is C28H27N3O6. The van der Waals surface area contributed by atoms with Crippen LogP contribution in [0.4, 0.5) is 5.69 Å². The third-order valence-corrected chi connectivity index (χ3v) is 5.68. The number of ether oxygens (including phenoxy) is 1. The quantitative estimate of drug-likeness (QED) is 0.339. The molecule has 3 amide bonds. The summed E-state index contributed by atoms with van der Waals surface area (Å²) in [6.45, 7) is 1.72. The Morgan fingerprint density at radius 1 is 0.892 bits per heavy atom. The van der Waals surface area contributed by atoms with E-state index in [9.17, 15) is 14.4 Å². The first kappa shape index (κ1) is 25.3. The first-order valence-electron chi connectivity index (χ1n) is 11.6. The minimum Gasteiger partial charge on any atom is -0.497 e. The molecular weight excluding hydrogens is 474 g/mol. The fraction of sp³-hybridized carbons (Fsp3) is 0.179. The van der Waals surface area contributed by atoms with Crippen molar-refractivity contribution >= 4 is 23.4 Å². The highest BCUT2D eigenvalue weighted by Crippen LogP contribution is 2.30. The zero-order valence-electron chi connectivity index (χ0n) is 20.5. The van der Waals surface area contributed by atoms with E-state index >= 15 is 0 Å². The van der Waals surface area contributed by atoms with E-state index in [0.717, 1.165) is 5.56 Å². The topological polar surface area (TPSA) is 114 Å². The van der Waals surface area contributed by atoms with Gasteiger partial charge in [-0.3, -0.25) is 19.3 Å². The summed E-state index contributed by atoms with van der Waals surface area (Å²) in [5, 5.41) is 5.43. The van der Waals surface area contributed by atoms with Gasteiger partial charge in [-0.1, -0.05) is 29.8 Å². The Morgan fingerprint density at radius 3 is 2.22 bits per heavy atom. The summed E-state index contributed by atoms with van der Waals surface area (Å²) in [7, 11) is 1.54. The zero-order valence-corrected chi connectivity index (χ0v) is 20.5. The molecule has 9 nitrogen and oxygen atoms in total. The summed E-state index contributed by atoms with van der Waals surface area (Å²) >= 11 is 0. The number of methoxy groups -OCH3 is 1. The molecule has 2 heterocycles. The summed E-state index contributed by atoms with van der Waals surface area (Å²) in [5.41, 5.74) is 2.06. The largest absolute Gasteiger partial charge is 0.497 e. The van der Waals surface area contributed by atoms with Crippen molar-refractivity contribution in [1.82, 2.24) is 10.6 Å². The number of carbonyl (C=O) groups excluding carboxylic acids is 3. The van der Waals surface area contributed by atoms with Crippen LogP contribution in [-0.2, 0) is 16.1 Å². The van der Waals surface area contributed by atoms with Crippen molar-refractivity contribution in [2.75, 3.05) is 18.6 Å². The van der Waals surface area contributed by atoms with Gasteiger partial charge >= 0.3 is 0 Å². The number of hydrogen-bond donors (Lipinski definition) is 2. The minimum absolute atomic E-state index is 0.0788. The van der Waals surface area contributed by atoms with Crippen LogP contribution in [0, 0.1) is 6.92 Å². The summed E-state index contributed by atoms with van der Waals surface area (Å²) in [6.07, 6.45) is 2.89. The molecule has 0 unspecified atom stereocenters. The van der Waals surface area contributed by atoms with Crippen molar-refractivity contribution in [3.63, 3.8) is 0 Å². The lowest BCUT2D eigenvalue weighted by molar-refractivity contribution is -0.126. The average Bonchev–Trinajstić information content (AvgIpc) is 3.64. The Bertz CT molecular complexity index is 1310. The number of carbonyl (C=O) groups is 3. The van der Waals surface area contributed by atoms with Crippen LogP contribution < -0.4 is 20.3 Å². The normalized spacial score (nSPS) is 11.4. The van der Waals surface area contributed by atoms with Crippen LogP contribution in [0.5, 0.6) is 5.75 Å². The molecule has 37 heavy (non-hydrogen) atoms. The van der Waals surface area contributed by atoms with E-state index in [4.69, 9.17) is 13.6 Å². The van der Waals surface area contributed by atoms with Crippen LogP contribution in [-0.4, -0.2) is 31.4 Å². The van der Waals surface area contributed by atoms with E-state index in [1.807, 2.05) is 19.1 Å². The number of aryl methyl sites for hydroxylation is 1. The fourth-order valence-corrected chi connectivity index (χ4v) is 3.77. The predicted octanol–water partition coefficient (Wildman–Crippen LogP) is 4.01. The third-order valence-electron chi connectivity index (χ3n) is 5.68. The highest BCUT2D eigenvalue weighted by atomic mass is 16.5. The maximum Gasteiger partial charge on any atom is 0.287 e. The van der Waals surface area contributed by atoms with Gasteiger partial charge < -0.3 is 24.2 Å². The number of hydrogen-bond acceptors (Lipinski definition) is 6. The molecule has 190 valence electrons. The summed E-state index contributed by atoms with van der Waals surface area (Å²) in [6, 6.07) is 19.6. The smallest absolute Gasteiger partial charge is 0.287 e. The van der Waals surface area contributed by atoms with E-state index < -0.39 is 23.8 Å². The molecule has 2 N–H and O–H groups in total. The highest BCUT2D eigenvalue weighted by molar-refractivity contribution is 6.04. The van der Waals surface area contributed by atoms with Crippen molar-refractivity contribution in [3.05, 3.63) is 108 Å². The Morgan fingerprint density at radius 2 is 1.59 bits per heavy atom. The van der Waals surface area contributed by atoms with Gasteiger partial charge in [-0.05, 0) is 61.0 Å². The summed E-state index contributed by atoms with van der Waals surface area (Å²) in [4.78, 5) is 41.0. The average molecular weight is 502 g/mol. The molecule has 0 fully saturated rings. The minimum atomic E-state index is -1.03. The van der Waals surface area contributed by atoms with Gasteiger partial charge in [0.2, 0.25) is 11.8 Å². The zero-order chi connectivity index (χ0) is 26.2. The van der Waals surface area contributed by atoms with Gasteiger partial charge in [-0.2, -0.15) is 0 Å². The summed E-state index contributed by atoms with van der Waals surface area (Å²) in [5.74, 6) is -0.205. The van der Waals surface area contributed by atoms with Crippen LogP contribution in [0.1, 0.15) is 33.5 Å². The van der Waals surface area contributed by atoms with Gasteiger partial charge in [0.05, 0.1) is 32.7 Å². The molecule has 0 saturated heterocycles. The van der Waals surface area contributed by atoms with Crippen molar-refractivity contribution in [1.29, 1.82) is 0 Å². The van der Waals surface area contributed by atoms with Crippen molar-refractivity contribution in [3.8, 4) is 5.75 Å². The third kappa shape index (κ3) is 6.26. The molecule has 4 rings (SSSR count). The summed E-state index contributed by atoms with van der Waals surface area (Å²) < 4.78 is 15.7. The number of furan rings is 2. The molecule has 9 heteroatoms. The molecule has 0 aliphatic carbocycles. The Hall–Kier alpha value is -4.79. The van der Waals surface area contributed by atoms with Gasteiger partial charge in [0.15, 0.2) is 5.76 Å². The van der Waals surface area contributed by atoms with Crippen LogP contribution in [0.3, 0.4) is 0 Å².